The number of benzene rings is 2. The van der Waals surface area contributed by atoms with Crippen molar-refractivity contribution in [1.82, 2.24) is 5.32 Å². The number of fused-ring (bicyclic) bond motifs is 1. The Morgan fingerprint density at radius 1 is 1.16 bits per heavy atom. The SMILES string of the molecule is CC1(C)C(/C=C/NCc2ccccc2)=Nc2ccc(S(=O)(=O)O)cc21. The monoisotopic (exact) mass is 356 g/mol. The third kappa shape index (κ3) is 3.65. The molecule has 6 heteroatoms. The molecule has 2 aromatic carbocycles. The van der Waals surface area contributed by atoms with E-state index in [1.807, 2.05) is 56.5 Å². The van der Waals surface area contributed by atoms with Crippen molar-refractivity contribution in [2.75, 3.05) is 0 Å². The Bertz CT molecular complexity index is 946. The third-order valence-electron chi connectivity index (χ3n) is 4.33. The van der Waals surface area contributed by atoms with Crippen molar-refractivity contribution in [3.05, 3.63) is 71.9 Å². The first kappa shape index (κ1) is 17.4. The Hall–Kier alpha value is -2.44. The van der Waals surface area contributed by atoms with Gasteiger partial charge in [-0.15, -0.1) is 0 Å². The number of allylic oxidation sites excluding steroid dienone is 1. The third-order valence-corrected chi connectivity index (χ3v) is 5.18. The topological polar surface area (TPSA) is 78.8 Å². The molecule has 0 saturated heterocycles. The summed E-state index contributed by atoms with van der Waals surface area (Å²) >= 11 is 0. The molecule has 1 heterocycles. The zero-order valence-electron chi connectivity index (χ0n) is 14.1. The fourth-order valence-electron chi connectivity index (χ4n) is 2.84. The zero-order valence-corrected chi connectivity index (χ0v) is 14.9. The number of nitrogens with one attached hydrogen (secondary N) is 1. The van der Waals surface area contributed by atoms with Gasteiger partial charge in [0, 0.05) is 12.0 Å². The lowest BCUT2D eigenvalue weighted by Gasteiger charge is -2.20. The molecule has 0 fully saturated rings. The van der Waals surface area contributed by atoms with E-state index >= 15 is 0 Å². The van der Waals surface area contributed by atoms with Crippen molar-refractivity contribution < 1.29 is 13.0 Å². The summed E-state index contributed by atoms with van der Waals surface area (Å²) in [5, 5.41) is 3.23. The molecule has 0 spiro atoms. The Morgan fingerprint density at radius 2 is 1.88 bits per heavy atom. The molecule has 25 heavy (non-hydrogen) atoms. The van der Waals surface area contributed by atoms with Gasteiger partial charge in [0.2, 0.25) is 0 Å². The molecular weight excluding hydrogens is 336 g/mol. The molecule has 3 rings (SSSR count). The lowest BCUT2D eigenvalue weighted by atomic mass is 9.81. The van der Waals surface area contributed by atoms with Crippen LogP contribution in [-0.4, -0.2) is 18.7 Å². The maximum atomic E-state index is 11.4. The van der Waals surface area contributed by atoms with Gasteiger partial charge in [0.15, 0.2) is 0 Å². The molecule has 1 aliphatic rings. The zero-order chi connectivity index (χ0) is 18.1. The minimum atomic E-state index is -4.22. The van der Waals surface area contributed by atoms with E-state index in [1.54, 1.807) is 6.07 Å². The first-order valence-corrected chi connectivity index (χ1v) is 9.37. The first-order valence-electron chi connectivity index (χ1n) is 7.93. The summed E-state index contributed by atoms with van der Waals surface area (Å²) in [4.78, 5) is 4.48. The summed E-state index contributed by atoms with van der Waals surface area (Å²) in [6, 6.07) is 14.5. The van der Waals surface area contributed by atoms with Crippen molar-refractivity contribution in [2.24, 2.45) is 4.99 Å². The highest BCUT2D eigenvalue weighted by Crippen LogP contribution is 2.41. The van der Waals surface area contributed by atoms with Crippen molar-refractivity contribution in [3.8, 4) is 0 Å². The number of nitrogens with zero attached hydrogens (tertiary/aromatic N) is 1. The highest BCUT2D eigenvalue weighted by atomic mass is 32.2. The highest BCUT2D eigenvalue weighted by Gasteiger charge is 2.34. The lowest BCUT2D eigenvalue weighted by molar-refractivity contribution is 0.483. The summed E-state index contributed by atoms with van der Waals surface area (Å²) in [6.07, 6.45) is 3.75. The highest BCUT2D eigenvalue weighted by molar-refractivity contribution is 7.85. The van der Waals surface area contributed by atoms with Gasteiger partial charge in [0.1, 0.15) is 0 Å². The Balaban J connectivity index is 1.76. The number of rotatable bonds is 5. The Labute approximate surface area is 147 Å². The minimum absolute atomic E-state index is 0.109. The van der Waals surface area contributed by atoms with E-state index < -0.39 is 15.5 Å². The van der Waals surface area contributed by atoms with Crippen LogP contribution in [0.25, 0.3) is 0 Å². The predicted octanol–water partition coefficient (Wildman–Crippen LogP) is 3.60. The van der Waals surface area contributed by atoms with E-state index in [9.17, 15) is 13.0 Å². The molecule has 1 aliphatic heterocycles. The molecule has 0 amide bonds. The molecule has 2 N–H and O–H groups in total. The van der Waals surface area contributed by atoms with Crippen molar-refractivity contribution in [2.45, 2.75) is 30.7 Å². The maximum Gasteiger partial charge on any atom is 0.294 e. The van der Waals surface area contributed by atoms with Gasteiger partial charge in [-0.05, 0) is 41.6 Å². The van der Waals surface area contributed by atoms with Crippen molar-refractivity contribution >= 4 is 21.5 Å². The van der Waals surface area contributed by atoms with Crippen LogP contribution in [0.2, 0.25) is 0 Å². The van der Waals surface area contributed by atoms with Crippen LogP contribution in [0.5, 0.6) is 0 Å². The minimum Gasteiger partial charge on any atom is -0.387 e. The molecule has 0 aliphatic carbocycles. The van der Waals surface area contributed by atoms with E-state index in [0.717, 1.165) is 17.0 Å². The maximum absolute atomic E-state index is 11.4. The fourth-order valence-corrected chi connectivity index (χ4v) is 3.34. The summed E-state index contributed by atoms with van der Waals surface area (Å²) < 4.78 is 32.0. The molecule has 0 atom stereocenters. The van der Waals surface area contributed by atoms with Gasteiger partial charge >= 0.3 is 0 Å². The molecule has 0 bridgehead atoms. The standard InChI is InChI=1S/C19H20N2O3S/c1-19(2)16-12-15(25(22,23)24)8-9-17(16)21-18(19)10-11-20-13-14-6-4-3-5-7-14/h3-12,20H,13H2,1-2H3,(H,22,23,24)/b11-10+. The normalized spacial score (nSPS) is 15.9. The second-order valence-electron chi connectivity index (χ2n) is 6.48. The van der Waals surface area contributed by atoms with Crippen LogP contribution in [-0.2, 0) is 22.1 Å². The first-order chi connectivity index (χ1) is 11.8. The molecule has 0 radical (unpaired) electrons. The van der Waals surface area contributed by atoms with Crippen LogP contribution >= 0.6 is 0 Å². The lowest BCUT2D eigenvalue weighted by Crippen LogP contribution is -2.24. The van der Waals surface area contributed by atoms with Gasteiger partial charge in [-0.1, -0.05) is 44.2 Å². The molecule has 0 aromatic heterocycles. The van der Waals surface area contributed by atoms with Crippen LogP contribution < -0.4 is 5.32 Å². The quantitative estimate of drug-likeness (QED) is 0.802. The molecule has 5 nitrogen and oxygen atoms in total. The van der Waals surface area contributed by atoms with Gasteiger partial charge < -0.3 is 5.32 Å². The summed E-state index contributed by atoms with van der Waals surface area (Å²) in [7, 11) is -4.22. The average Bonchev–Trinajstić information content (AvgIpc) is 2.82. The second kappa shape index (κ2) is 6.46. The van der Waals surface area contributed by atoms with Crippen LogP contribution in [0.1, 0.15) is 25.0 Å². The van der Waals surface area contributed by atoms with Gasteiger partial charge in [0.25, 0.3) is 10.1 Å². The van der Waals surface area contributed by atoms with E-state index in [-0.39, 0.29) is 4.90 Å². The smallest absolute Gasteiger partial charge is 0.294 e. The molecular formula is C19H20N2O3S. The number of hydrogen-bond donors (Lipinski definition) is 2. The van der Waals surface area contributed by atoms with Gasteiger partial charge in [-0.3, -0.25) is 9.55 Å². The molecule has 2 aromatic rings. The van der Waals surface area contributed by atoms with Crippen LogP contribution in [0.3, 0.4) is 0 Å². The van der Waals surface area contributed by atoms with Crippen molar-refractivity contribution in [3.63, 3.8) is 0 Å². The Morgan fingerprint density at radius 3 is 2.56 bits per heavy atom. The van der Waals surface area contributed by atoms with Crippen LogP contribution in [0, 0.1) is 0 Å². The van der Waals surface area contributed by atoms with E-state index in [0.29, 0.717) is 6.54 Å². The van der Waals surface area contributed by atoms with Gasteiger partial charge in [-0.25, -0.2) is 0 Å². The average molecular weight is 356 g/mol. The van der Waals surface area contributed by atoms with Gasteiger partial charge in [-0.2, -0.15) is 8.42 Å². The predicted molar refractivity (Wildman–Crippen MR) is 98.8 cm³/mol. The van der Waals surface area contributed by atoms with Crippen LogP contribution in [0.15, 0.2) is 70.7 Å². The van der Waals surface area contributed by atoms with Gasteiger partial charge in [0.05, 0.1) is 16.3 Å². The summed E-state index contributed by atoms with van der Waals surface area (Å²) in [5.74, 6) is 0. The fraction of sp³-hybridized carbons (Fsp3) is 0.211. The van der Waals surface area contributed by atoms with Crippen LogP contribution in [0.4, 0.5) is 5.69 Å². The summed E-state index contributed by atoms with van der Waals surface area (Å²) in [6.45, 7) is 4.67. The largest absolute Gasteiger partial charge is 0.387 e. The summed E-state index contributed by atoms with van der Waals surface area (Å²) in [5.41, 5.74) is 3.07. The van der Waals surface area contributed by atoms with E-state index in [4.69, 9.17) is 0 Å². The molecule has 0 saturated carbocycles. The second-order valence-corrected chi connectivity index (χ2v) is 7.90. The van der Waals surface area contributed by atoms with E-state index in [1.165, 1.54) is 17.7 Å². The molecule has 0 unspecified atom stereocenters. The molecule has 130 valence electrons. The number of hydrogen-bond acceptors (Lipinski definition) is 4. The van der Waals surface area contributed by atoms with Crippen molar-refractivity contribution in [1.29, 1.82) is 0 Å². The number of aliphatic imine (C=N–C) groups is 1. The Kier molecular flexibility index (Phi) is 4.49. The van der Waals surface area contributed by atoms with E-state index in [2.05, 4.69) is 10.3 Å².